The van der Waals surface area contributed by atoms with Crippen molar-refractivity contribution >= 4 is 16.8 Å². The normalized spacial score (nSPS) is 11.4. The van der Waals surface area contributed by atoms with Crippen LogP contribution in [0.25, 0.3) is 22.0 Å². The number of fused-ring (bicyclic) bond motifs is 1. The van der Waals surface area contributed by atoms with Crippen LogP contribution in [-0.4, -0.2) is 25.5 Å². The van der Waals surface area contributed by atoms with Gasteiger partial charge in [0.15, 0.2) is 0 Å². The number of aliphatic hydroxyl groups excluding tert-OH is 1. The highest BCUT2D eigenvalue weighted by molar-refractivity contribution is 6.09. The maximum atomic E-state index is 13.5. The number of aromatic amines is 1. The third-order valence-electron chi connectivity index (χ3n) is 6.16. The zero-order valence-electron chi connectivity index (χ0n) is 20.2. The van der Waals surface area contributed by atoms with E-state index >= 15 is 0 Å². The molecule has 3 aromatic heterocycles. The Morgan fingerprint density at radius 1 is 1.12 bits per heavy atom. The topological polar surface area (TPSA) is 100 Å². The van der Waals surface area contributed by atoms with Crippen molar-refractivity contribution in [3.8, 4) is 11.1 Å². The van der Waals surface area contributed by atoms with Gasteiger partial charge in [0.2, 0.25) is 0 Å². The molecular formula is C27H30N4O3. The van der Waals surface area contributed by atoms with Crippen LogP contribution in [0.1, 0.15) is 58.3 Å². The van der Waals surface area contributed by atoms with Crippen LogP contribution in [0, 0.1) is 20.8 Å². The van der Waals surface area contributed by atoms with E-state index in [2.05, 4.69) is 46.0 Å². The van der Waals surface area contributed by atoms with Gasteiger partial charge in [0.1, 0.15) is 0 Å². The van der Waals surface area contributed by atoms with Crippen molar-refractivity contribution in [1.29, 1.82) is 0 Å². The van der Waals surface area contributed by atoms with Crippen LogP contribution >= 0.6 is 0 Å². The van der Waals surface area contributed by atoms with Crippen molar-refractivity contribution in [3.05, 3.63) is 86.7 Å². The number of hydrogen-bond acceptors (Lipinski definition) is 4. The first kappa shape index (κ1) is 23.4. The number of nitrogens with one attached hydrogen (secondary N) is 2. The van der Waals surface area contributed by atoms with Crippen molar-refractivity contribution in [2.75, 3.05) is 0 Å². The molecule has 176 valence electrons. The third-order valence-corrected chi connectivity index (χ3v) is 6.16. The summed E-state index contributed by atoms with van der Waals surface area (Å²) in [7, 11) is 0. The molecule has 1 amide bonds. The Morgan fingerprint density at radius 3 is 2.50 bits per heavy atom. The number of hydrogen-bond donors (Lipinski definition) is 3. The number of carbonyl (C=O) groups excluding carboxylic acids is 1. The van der Waals surface area contributed by atoms with Crippen LogP contribution in [-0.2, 0) is 13.2 Å². The summed E-state index contributed by atoms with van der Waals surface area (Å²) in [4.78, 5) is 33.0. The van der Waals surface area contributed by atoms with Crippen molar-refractivity contribution < 1.29 is 9.90 Å². The number of pyridine rings is 2. The largest absolute Gasteiger partial charge is 0.390 e. The zero-order chi connectivity index (χ0) is 24.6. The number of nitrogens with zero attached hydrogens (tertiary/aromatic N) is 2. The smallest absolute Gasteiger partial charge is 0.253 e. The molecule has 1 aromatic carbocycles. The predicted octanol–water partition coefficient (Wildman–Crippen LogP) is 4.32. The van der Waals surface area contributed by atoms with Gasteiger partial charge in [0.05, 0.1) is 12.3 Å². The number of aromatic nitrogens is 3. The van der Waals surface area contributed by atoms with E-state index in [1.165, 1.54) is 0 Å². The number of H-pyrrole nitrogens is 1. The van der Waals surface area contributed by atoms with E-state index in [0.717, 1.165) is 38.9 Å². The van der Waals surface area contributed by atoms with Gasteiger partial charge in [0, 0.05) is 58.3 Å². The number of rotatable bonds is 6. The summed E-state index contributed by atoms with van der Waals surface area (Å²) < 4.78 is 2.16. The summed E-state index contributed by atoms with van der Waals surface area (Å²) in [5, 5.41) is 13.2. The van der Waals surface area contributed by atoms with Gasteiger partial charge in [-0.25, -0.2) is 0 Å². The Hall–Kier alpha value is -3.71. The first-order chi connectivity index (χ1) is 16.2. The number of benzene rings is 1. The van der Waals surface area contributed by atoms with Crippen LogP contribution in [0.3, 0.4) is 0 Å². The Kier molecular flexibility index (Phi) is 6.39. The van der Waals surface area contributed by atoms with E-state index in [-0.39, 0.29) is 30.7 Å². The molecule has 7 nitrogen and oxygen atoms in total. The minimum absolute atomic E-state index is 0.125. The Balaban J connectivity index is 1.80. The van der Waals surface area contributed by atoms with Gasteiger partial charge in [-0.1, -0.05) is 6.07 Å². The molecule has 0 unspecified atom stereocenters. The summed E-state index contributed by atoms with van der Waals surface area (Å²) >= 11 is 0. The average molecular weight is 459 g/mol. The third kappa shape index (κ3) is 4.39. The quantitative estimate of drug-likeness (QED) is 0.401. The summed E-state index contributed by atoms with van der Waals surface area (Å²) in [5.74, 6) is -0.240. The molecule has 0 aliphatic carbocycles. The highest BCUT2D eigenvalue weighted by Crippen LogP contribution is 2.33. The first-order valence-electron chi connectivity index (χ1n) is 11.4. The Labute approximate surface area is 198 Å². The van der Waals surface area contributed by atoms with Crippen LogP contribution < -0.4 is 10.9 Å². The number of carbonyl (C=O) groups is 1. The fourth-order valence-corrected chi connectivity index (χ4v) is 4.41. The lowest BCUT2D eigenvalue weighted by Crippen LogP contribution is -2.28. The second-order valence-corrected chi connectivity index (χ2v) is 9.05. The van der Waals surface area contributed by atoms with Crippen LogP contribution in [0.5, 0.6) is 0 Å². The number of aryl methyl sites for hydroxylation is 3. The second-order valence-electron chi connectivity index (χ2n) is 9.05. The maximum absolute atomic E-state index is 13.5. The van der Waals surface area contributed by atoms with Gasteiger partial charge in [-0.3, -0.25) is 14.6 Å². The summed E-state index contributed by atoms with van der Waals surface area (Å²) in [5.41, 5.74) is 6.83. The standard InChI is InChI=1S/C27H30N4O3/c1-15(2)31-13-17(4)25-22(26(33)29-12-23-16(3)8-18(5)30-27(23)34)9-20(10-24(25)31)19-6-7-21(14-32)28-11-19/h6-11,13,15,32H,12,14H2,1-5H3,(H,29,33)(H,30,34). The predicted molar refractivity (Wildman–Crippen MR) is 134 cm³/mol. The van der Waals surface area contributed by atoms with E-state index in [4.69, 9.17) is 0 Å². The molecule has 0 fully saturated rings. The molecule has 0 spiro atoms. The van der Waals surface area contributed by atoms with Gasteiger partial charge < -0.3 is 20.0 Å². The molecule has 0 bridgehead atoms. The van der Waals surface area contributed by atoms with Crippen molar-refractivity contribution in [3.63, 3.8) is 0 Å². The zero-order valence-corrected chi connectivity index (χ0v) is 20.2. The lowest BCUT2D eigenvalue weighted by atomic mass is 9.98. The van der Waals surface area contributed by atoms with Gasteiger partial charge in [-0.15, -0.1) is 0 Å². The molecule has 3 N–H and O–H groups in total. The monoisotopic (exact) mass is 458 g/mol. The summed E-state index contributed by atoms with van der Waals surface area (Å²) in [6.45, 7) is 9.94. The molecular weight excluding hydrogens is 428 g/mol. The number of amides is 1. The molecule has 0 radical (unpaired) electrons. The minimum atomic E-state index is -0.240. The first-order valence-corrected chi connectivity index (χ1v) is 11.4. The lowest BCUT2D eigenvalue weighted by Gasteiger charge is -2.14. The van der Waals surface area contributed by atoms with E-state index in [1.54, 1.807) is 12.3 Å². The van der Waals surface area contributed by atoms with Gasteiger partial charge in [-0.05, 0) is 75.6 Å². The molecule has 4 aromatic rings. The second kappa shape index (κ2) is 9.27. The van der Waals surface area contributed by atoms with Gasteiger partial charge >= 0.3 is 0 Å². The van der Waals surface area contributed by atoms with Crippen LogP contribution in [0.4, 0.5) is 0 Å². The van der Waals surface area contributed by atoms with Crippen LogP contribution in [0.15, 0.2) is 47.5 Å². The molecule has 0 aliphatic rings. The maximum Gasteiger partial charge on any atom is 0.253 e. The molecule has 34 heavy (non-hydrogen) atoms. The minimum Gasteiger partial charge on any atom is -0.390 e. The average Bonchev–Trinajstić information content (AvgIpc) is 3.14. The fraction of sp³-hybridized carbons (Fsp3) is 0.296. The molecule has 0 saturated carbocycles. The van der Waals surface area contributed by atoms with E-state index in [1.807, 2.05) is 39.0 Å². The summed E-state index contributed by atoms with van der Waals surface area (Å²) in [6, 6.07) is 9.73. The van der Waals surface area contributed by atoms with Gasteiger partial charge in [0.25, 0.3) is 11.5 Å². The van der Waals surface area contributed by atoms with E-state index < -0.39 is 0 Å². The molecule has 0 saturated heterocycles. The number of aliphatic hydroxyl groups is 1. The van der Waals surface area contributed by atoms with Crippen molar-refractivity contribution in [2.24, 2.45) is 0 Å². The van der Waals surface area contributed by atoms with E-state index in [9.17, 15) is 14.7 Å². The van der Waals surface area contributed by atoms with Crippen LogP contribution in [0.2, 0.25) is 0 Å². The van der Waals surface area contributed by atoms with Crippen molar-refractivity contribution in [2.45, 2.75) is 53.8 Å². The lowest BCUT2D eigenvalue weighted by molar-refractivity contribution is 0.0952. The van der Waals surface area contributed by atoms with E-state index in [0.29, 0.717) is 16.8 Å². The van der Waals surface area contributed by atoms with Gasteiger partial charge in [-0.2, -0.15) is 0 Å². The molecule has 4 rings (SSSR count). The Morgan fingerprint density at radius 2 is 1.88 bits per heavy atom. The molecule has 3 heterocycles. The highest BCUT2D eigenvalue weighted by atomic mass is 16.3. The molecule has 0 atom stereocenters. The molecule has 0 aliphatic heterocycles. The summed E-state index contributed by atoms with van der Waals surface area (Å²) in [6.07, 6.45) is 3.77. The van der Waals surface area contributed by atoms with Crippen molar-refractivity contribution in [1.82, 2.24) is 19.9 Å². The molecule has 7 heteroatoms. The Bertz CT molecular complexity index is 1430. The fourth-order valence-electron chi connectivity index (χ4n) is 4.41. The highest BCUT2D eigenvalue weighted by Gasteiger charge is 2.19. The SMILES string of the molecule is Cc1cc(C)c(CNC(=O)c2cc(-c3ccc(CO)nc3)cc3c2c(C)cn3C(C)C)c(=O)[nH]1.